The summed E-state index contributed by atoms with van der Waals surface area (Å²) in [6.45, 7) is 4.63. The Morgan fingerprint density at radius 1 is 1.00 bits per heavy atom. The van der Waals surface area contributed by atoms with Gasteiger partial charge in [0.25, 0.3) is 0 Å². The Morgan fingerprint density at radius 3 is 2.32 bits per heavy atom. The van der Waals surface area contributed by atoms with Crippen molar-refractivity contribution in [2.45, 2.75) is 33.2 Å². The first kappa shape index (κ1) is 17.0. The molecule has 0 radical (unpaired) electrons. The molecule has 0 aliphatic carbocycles. The molecule has 4 heteroatoms. The van der Waals surface area contributed by atoms with Crippen molar-refractivity contribution in [2.24, 2.45) is 0 Å². The van der Waals surface area contributed by atoms with E-state index in [9.17, 15) is 4.79 Å². The molecule has 1 amide bonds. The number of para-hydroxylation sites is 1. The Morgan fingerprint density at radius 2 is 1.64 bits per heavy atom. The first-order chi connectivity index (χ1) is 12.1. The summed E-state index contributed by atoms with van der Waals surface area (Å²) in [6, 6.07) is 20.0. The van der Waals surface area contributed by atoms with Gasteiger partial charge in [0, 0.05) is 18.7 Å². The highest BCUT2D eigenvalue weighted by Gasteiger charge is 2.14. The number of hydrogen-bond donors (Lipinski definition) is 1. The highest BCUT2D eigenvalue weighted by molar-refractivity contribution is 5.76. The van der Waals surface area contributed by atoms with Crippen LogP contribution in [0.3, 0.4) is 0 Å². The van der Waals surface area contributed by atoms with Crippen LogP contribution >= 0.6 is 0 Å². The molecule has 25 heavy (non-hydrogen) atoms. The van der Waals surface area contributed by atoms with E-state index in [1.54, 1.807) is 0 Å². The van der Waals surface area contributed by atoms with Crippen LogP contribution in [0.4, 0.5) is 0 Å². The Balaban J connectivity index is 1.61. The lowest BCUT2D eigenvalue weighted by Crippen LogP contribution is -2.23. The van der Waals surface area contributed by atoms with Gasteiger partial charge in [0.1, 0.15) is 0 Å². The van der Waals surface area contributed by atoms with Crippen LogP contribution in [-0.2, 0) is 17.8 Å². The Bertz CT molecular complexity index is 838. The van der Waals surface area contributed by atoms with E-state index >= 15 is 0 Å². The first-order valence-electron chi connectivity index (χ1n) is 8.56. The zero-order chi connectivity index (χ0) is 17.6. The highest BCUT2D eigenvalue weighted by atomic mass is 16.1. The second-order valence-electron chi connectivity index (χ2n) is 6.16. The third kappa shape index (κ3) is 4.15. The summed E-state index contributed by atoms with van der Waals surface area (Å²) in [4.78, 5) is 12.2. The molecule has 0 saturated heterocycles. The normalized spacial score (nSPS) is 10.6. The smallest absolute Gasteiger partial charge is 0.220 e. The van der Waals surface area contributed by atoms with Crippen molar-refractivity contribution in [2.75, 3.05) is 0 Å². The molecule has 0 aliphatic rings. The molecule has 0 fully saturated rings. The first-order valence-corrected chi connectivity index (χ1v) is 8.56. The number of rotatable bonds is 6. The third-order valence-electron chi connectivity index (χ3n) is 4.38. The highest BCUT2D eigenvalue weighted by Crippen LogP contribution is 2.19. The molecule has 4 nitrogen and oxygen atoms in total. The molecule has 0 spiro atoms. The number of aryl methyl sites for hydroxylation is 1. The quantitative estimate of drug-likeness (QED) is 0.747. The van der Waals surface area contributed by atoms with E-state index in [2.05, 4.69) is 17.3 Å². The van der Waals surface area contributed by atoms with Crippen LogP contribution in [0.2, 0.25) is 0 Å². The predicted molar refractivity (Wildman–Crippen MR) is 99.6 cm³/mol. The van der Waals surface area contributed by atoms with Gasteiger partial charge in [-0.15, -0.1) is 0 Å². The van der Waals surface area contributed by atoms with Crippen LogP contribution < -0.4 is 5.32 Å². The Hall–Kier alpha value is -2.88. The molecule has 1 aromatic heterocycles. The van der Waals surface area contributed by atoms with Gasteiger partial charge >= 0.3 is 0 Å². The summed E-state index contributed by atoms with van der Waals surface area (Å²) < 4.78 is 1.95. The Kier molecular flexibility index (Phi) is 5.29. The van der Waals surface area contributed by atoms with Crippen LogP contribution in [0, 0.1) is 13.8 Å². The fraction of sp³-hybridized carbons (Fsp3) is 0.238. The molecule has 0 unspecified atom stereocenters. The van der Waals surface area contributed by atoms with E-state index in [4.69, 9.17) is 0 Å². The summed E-state index contributed by atoms with van der Waals surface area (Å²) in [5.74, 6) is 0.0649. The summed E-state index contributed by atoms with van der Waals surface area (Å²) >= 11 is 0. The van der Waals surface area contributed by atoms with Crippen molar-refractivity contribution >= 4 is 5.91 Å². The number of amides is 1. The van der Waals surface area contributed by atoms with Crippen LogP contribution in [-0.4, -0.2) is 15.7 Å². The van der Waals surface area contributed by atoms with Crippen molar-refractivity contribution < 1.29 is 4.79 Å². The molecule has 2 aromatic carbocycles. The molecule has 0 saturated carbocycles. The molecule has 3 aromatic rings. The standard InChI is InChI=1S/C21H23N3O/c1-16-20(17(2)24(23-16)19-11-7-4-8-12-19)13-14-21(25)22-15-18-9-5-3-6-10-18/h3-12H,13-15H2,1-2H3,(H,22,25). The van der Waals surface area contributed by atoms with Gasteiger partial charge in [0.15, 0.2) is 0 Å². The van der Waals surface area contributed by atoms with Crippen molar-refractivity contribution in [3.8, 4) is 5.69 Å². The van der Waals surface area contributed by atoms with Crippen LogP contribution in [0.1, 0.15) is 28.9 Å². The lowest BCUT2D eigenvalue weighted by atomic mass is 10.1. The largest absolute Gasteiger partial charge is 0.352 e. The average molecular weight is 333 g/mol. The number of nitrogens with one attached hydrogen (secondary N) is 1. The van der Waals surface area contributed by atoms with E-state index in [0.717, 1.165) is 28.2 Å². The van der Waals surface area contributed by atoms with Crippen LogP contribution in [0.15, 0.2) is 60.7 Å². The van der Waals surface area contributed by atoms with Gasteiger partial charge in [0.05, 0.1) is 11.4 Å². The van der Waals surface area contributed by atoms with Crippen LogP contribution in [0.25, 0.3) is 5.69 Å². The van der Waals surface area contributed by atoms with Gasteiger partial charge < -0.3 is 5.32 Å². The fourth-order valence-corrected chi connectivity index (χ4v) is 2.98. The van der Waals surface area contributed by atoms with Crippen molar-refractivity contribution in [1.82, 2.24) is 15.1 Å². The second-order valence-corrected chi connectivity index (χ2v) is 6.16. The third-order valence-corrected chi connectivity index (χ3v) is 4.38. The van der Waals surface area contributed by atoms with E-state index in [1.807, 2.05) is 72.3 Å². The Labute approximate surface area is 148 Å². The zero-order valence-corrected chi connectivity index (χ0v) is 14.7. The zero-order valence-electron chi connectivity index (χ0n) is 14.7. The number of carbonyl (C=O) groups excluding carboxylic acids is 1. The molecule has 0 bridgehead atoms. The van der Waals surface area contributed by atoms with Gasteiger partial charge in [-0.1, -0.05) is 48.5 Å². The number of nitrogens with zero attached hydrogens (tertiary/aromatic N) is 2. The van der Waals surface area contributed by atoms with Gasteiger partial charge in [-0.05, 0) is 43.5 Å². The van der Waals surface area contributed by atoms with E-state index in [0.29, 0.717) is 19.4 Å². The number of hydrogen-bond acceptors (Lipinski definition) is 2. The fourth-order valence-electron chi connectivity index (χ4n) is 2.98. The molecule has 128 valence electrons. The van der Waals surface area contributed by atoms with Crippen molar-refractivity contribution in [3.63, 3.8) is 0 Å². The molecular formula is C21H23N3O. The molecule has 0 aliphatic heterocycles. The summed E-state index contributed by atoms with van der Waals surface area (Å²) in [5, 5.41) is 7.62. The van der Waals surface area contributed by atoms with Gasteiger partial charge in [-0.2, -0.15) is 5.10 Å². The number of benzene rings is 2. The van der Waals surface area contributed by atoms with E-state index in [-0.39, 0.29) is 5.91 Å². The van der Waals surface area contributed by atoms with Crippen LogP contribution in [0.5, 0.6) is 0 Å². The second kappa shape index (κ2) is 7.79. The number of aromatic nitrogens is 2. The van der Waals surface area contributed by atoms with Crippen molar-refractivity contribution in [3.05, 3.63) is 83.2 Å². The van der Waals surface area contributed by atoms with Gasteiger partial charge in [-0.3, -0.25) is 4.79 Å². The van der Waals surface area contributed by atoms with Crippen molar-refractivity contribution in [1.29, 1.82) is 0 Å². The SMILES string of the molecule is Cc1nn(-c2ccccc2)c(C)c1CCC(=O)NCc1ccccc1. The topological polar surface area (TPSA) is 46.9 Å². The molecule has 1 N–H and O–H groups in total. The maximum atomic E-state index is 12.2. The van der Waals surface area contributed by atoms with Gasteiger partial charge in [-0.25, -0.2) is 4.68 Å². The average Bonchev–Trinajstić information content (AvgIpc) is 2.94. The molecule has 0 atom stereocenters. The lowest BCUT2D eigenvalue weighted by Gasteiger charge is -2.07. The minimum absolute atomic E-state index is 0.0649. The lowest BCUT2D eigenvalue weighted by molar-refractivity contribution is -0.121. The molecule has 1 heterocycles. The molecule has 3 rings (SSSR count). The number of carbonyl (C=O) groups is 1. The summed E-state index contributed by atoms with van der Waals surface area (Å²) in [7, 11) is 0. The molecular weight excluding hydrogens is 310 g/mol. The maximum Gasteiger partial charge on any atom is 0.220 e. The monoisotopic (exact) mass is 333 g/mol. The summed E-state index contributed by atoms with van der Waals surface area (Å²) in [5.41, 5.74) is 5.39. The summed E-state index contributed by atoms with van der Waals surface area (Å²) in [6.07, 6.45) is 1.17. The predicted octanol–water partition coefficient (Wildman–Crippen LogP) is 3.74. The maximum absolute atomic E-state index is 12.2. The van der Waals surface area contributed by atoms with Gasteiger partial charge in [0.2, 0.25) is 5.91 Å². The minimum atomic E-state index is 0.0649. The van der Waals surface area contributed by atoms with E-state index < -0.39 is 0 Å². The van der Waals surface area contributed by atoms with E-state index in [1.165, 1.54) is 0 Å². The minimum Gasteiger partial charge on any atom is -0.352 e.